The monoisotopic (exact) mass is 381 g/mol. The lowest BCUT2D eigenvalue weighted by atomic mass is 10.1. The summed E-state index contributed by atoms with van der Waals surface area (Å²) >= 11 is 10.8. The Morgan fingerprint density at radius 2 is 1.86 bits per heavy atom. The zero-order valence-electron chi connectivity index (χ0n) is 11.0. The summed E-state index contributed by atoms with van der Waals surface area (Å²) in [5.41, 5.74) is 2.33. The third-order valence-electron chi connectivity index (χ3n) is 3.07. The van der Waals surface area contributed by atoms with Crippen LogP contribution in [-0.2, 0) is 0 Å². The average Bonchev–Trinajstić information content (AvgIpc) is 2.84. The largest absolute Gasteiger partial charge is 0.236 e. The molecule has 0 aliphatic heterocycles. The Hall–Kier alpha value is -1.23. The molecule has 3 aromatic rings. The van der Waals surface area contributed by atoms with E-state index in [9.17, 15) is 4.39 Å². The minimum atomic E-state index is -0.310. The lowest BCUT2D eigenvalue weighted by Gasteiger charge is -2.00. The normalized spacial score (nSPS) is 10.9. The van der Waals surface area contributed by atoms with E-state index >= 15 is 0 Å². The summed E-state index contributed by atoms with van der Waals surface area (Å²) in [5.74, 6) is -0.310. The summed E-state index contributed by atoms with van der Waals surface area (Å²) < 4.78 is 15.0. The van der Waals surface area contributed by atoms with Gasteiger partial charge >= 0.3 is 0 Å². The standard InChI is InChI=1S/C16H10BrClFNS/c1-9-15(10-2-4-11(17)5-3-10)20-16(21-9)13-8-12(18)6-7-14(13)19/h2-8H,1H3. The number of aryl methyl sites for hydroxylation is 1. The lowest BCUT2D eigenvalue weighted by molar-refractivity contribution is 0.631. The second-order valence-electron chi connectivity index (χ2n) is 4.55. The third-order valence-corrected chi connectivity index (χ3v) is 4.84. The van der Waals surface area contributed by atoms with Crippen molar-refractivity contribution in [2.75, 3.05) is 0 Å². The molecule has 0 saturated carbocycles. The molecule has 0 atom stereocenters. The van der Waals surface area contributed by atoms with Crippen LogP contribution >= 0.6 is 38.9 Å². The Bertz CT molecular complexity index is 799. The van der Waals surface area contributed by atoms with Crippen LogP contribution in [0.1, 0.15) is 4.88 Å². The van der Waals surface area contributed by atoms with Crippen molar-refractivity contribution in [2.45, 2.75) is 6.92 Å². The zero-order chi connectivity index (χ0) is 15.0. The highest BCUT2D eigenvalue weighted by atomic mass is 79.9. The molecule has 3 rings (SSSR count). The van der Waals surface area contributed by atoms with E-state index in [4.69, 9.17) is 11.6 Å². The van der Waals surface area contributed by atoms with Gasteiger partial charge in [0.15, 0.2) is 0 Å². The van der Waals surface area contributed by atoms with Crippen LogP contribution in [0.4, 0.5) is 4.39 Å². The lowest BCUT2D eigenvalue weighted by Crippen LogP contribution is -1.84. The molecule has 0 saturated heterocycles. The summed E-state index contributed by atoms with van der Waals surface area (Å²) in [6.07, 6.45) is 0. The van der Waals surface area contributed by atoms with Crippen LogP contribution in [0.2, 0.25) is 5.02 Å². The Kier molecular flexibility index (Phi) is 4.11. The number of hydrogen-bond acceptors (Lipinski definition) is 2. The fraction of sp³-hybridized carbons (Fsp3) is 0.0625. The molecule has 21 heavy (non-hydrogen) atoms. The van der Waals surface area contributed by atoms with E-state index in [0.29, 0.717) is 15.6 Å². The molecule has 106 valence electrons. The number of aromatic nitrogens is 1. The SMILES string of the molecule is Cc1sc(-c2cc(Cl)ccc2F)nc1-c1ccc(Br)cc1. The highest BCUT2D eigenvalue weighted by Gasteiger charge is 2.14. The van der Waals surface area contributed by atoms with E-state index in [1.807, 2.05) is 31.2 Å². The van der Waals surface area contributed by atoms with Gasteiger partial charge in [-0.25, -0.2) is 9.37 Å². The minimum Gasteiger partial charge on any atom is -0.236 e. The molecule has 0 fully saturated rings. The van der Waals surface area contributed by atoms with E-state index in [-0.39, 0.29) is 5.82 Å². The molecular weight excluding hydrogens is 373 g/mol. The summed E-state index contributed by atoms with van der Waals surface area (Å²) in [5, 5.41) is 1.15. The number of thiazole rings is 1. The van der Waals surface area contributed by atoms with Gasteiger partial charge in [-0.15, -0.1) is 11.3 Å². The smallest absolute Gasteiger partial charge is 0.133 e. The van der Waals surface area contributed by atoms with Crippen molar-refractivity contribution in [3.05, 3.63) is 62.7 Å². The first-order valence-electron chi connectivity index (χ1n) is 6.23. The third kappa shape index (κ3) is 3.03. The molecule has 0 spiro atoms. The molecule has 1 nitrogen and oxygen atoms in total. The summed E-state index contributed by atoms with van der Waals surface area (Å²) in [7, 11) is 0. The molecule has 0 amide bonds. The van der Waals surface area contributed by atoms with Crippen molar-refractivity contribution < 1.29 is 4.39 Å². The zero-order valence-corrected chi connectivity index (χ0v) is 14.2. The number of benzene rings is 2. The number of rotatable bonds is 2. The van der Waals surface area contributed by atoms with Crippen molar-refractivity contribution in [2.24, 2.45) is 0 Å². The number of halogens is 3. The van der Waals surface area contributed by atoms with Gasteiger partial charge in [-0.3, -0.25) is 0 Å². The maximum atomic E-state index is 14.0. The summed E-state index contributed by atoms with van der Waals surface area (Å²) in [4.78, 5) is 5.63. The molecule has 0 unspecified atom stereocenters. The van der Waals surface area contributed by atoms with Crippen LogP contribution in [0, 0.1) is 12.7 Å². The predicted molar refractivity (Wildman–Crippen MR) is 90.4 cm³/mol. The van der Waals surface area contributed by atoms with Crippen LogP contribution in [-0.4, -0.2) is 4.98 Å². The quantitative estimate of drug-likeness (QED) is 0.504. The van der Waals surface area contributed by atoms with Gasteiger partial charge in [-0.05, 0) is 37.3 Å². The van der Waals surface area contributed by atoms with Gasteiger partial charge < -0.3 is 0 Å². The molecule has 0 aliphatic rings. The molecular formula is C16H10BrClFNS. The van der Waals surface area contributed by atoms with Gasteiger partial charge in [0.1, 0.15) is 10.8 Å². The molecule has 1 heterocycles. The Morgan fingerprint density at radius 1 is 1.14 bits per heavy atom. The van der Waals surface area contributed by atoms with Gasteiger partial charge in [-0.2, -0.15) is 0 Å². The molecule has 5 heteroatoms. The van der Waals surface area contributed by atoms with E-state index in [1.165, 1.54) is 23.5 Å². The topological polar surface area (TPSA) is 12.9 Å². The average molecular weight is 383 g/mol. The van der Waals surface area contributed by atoms with Crippen LogP contribution in [0.15, 0.2) is 46.9 Å². The molecule has 0 N–H and O–H groups in total. The fourth-order valence-corrected chi connectivity index (χ4v) is 3.44. The second-order valence-corrected chi connectivity index (χ2v) is 7.11. The minimum absolute atomic E-state index is 0.310. The van der Waals surface area contributed by atoms with Gasteiger partial charge in [-0.1, -0.05) is 39.7 Å². The van der Waals surface area contributed by atoms with Gasteiger partial charge in [0.05, 0.1) is 5.69 Å². The second kappa shape index (κ2) is 5.87. The van der Waals surface area contributed by atoms with Crippen molar-refractivity contribution in [1.82, 2.24) is 4.98 Å². The highest BCUT2D eigenvalue weighted by molar-refractivity contribution is 9.10. The van der Waals surface area contributed by atoms with Crippen molar-refractivity contribution in [3.63, 3.8) is 0 Å². The van der Waals surface area contributed by atoms with Gasteiger partial charge in [0, 0.05) is 25.5 Å². The molecule has 0 radical (unpaired) electrons. The van der Waals surface area contributed by atoms with E-state index in [0.717, 1.165) is 20.6 Å². The van der Waals surface area contributed by atoms with Gasteiger partial charge in [0.25, 0.3) is 0 Å². The first kappa shape index (κ1) is 14.7. The maximum Gasteiger partial charge on any atom is 0.133 e. The highest BCUT2D eigenvalue weighted by Crippen LogP contribution is 2.35. The summed E-state index contributed by atoms with van der Waals surface area (Å²) in [6, 6.07) is 12.4. The van der Waals surface area contributed by atoms with Crippen molar-refractivity contribution >= 4 is 38.9 Å². The predicted octanol–water partition coefficient (Wildman–Crippen LogP) is 6.34. The van der Waals surface area contributed by atoms with E-state index in [2.05, 4.69) is 20.9 Å². The first-order valence-corrected chi connectivity index (χ1v) is 8.22. The Balaban J connectivity index is 2.09. The Labute approximate surface area is 139 Å². The fourth-order valence-electron chi connectivity index (χ4n) is 2.05. The van der Waals surface area contributed by atoms with Crippen LogP contribution in [0.3, 0.4) is 0 Å². The van der Waals surface area contributed by atoms with Crippen molar-refractivity contribution in [3.8, 4) is 21.8 Å². The summed E-state index contributed by atoms with van der Waals surface area (Å²) in [6.45, 7) is 1.99. The van der Waals surface area contributed by atoms with Crippen LogP contribution < -0.4 is 0 Å². The number of nitrogens with zero attached hydrogens (tertiary/aromatic N) is 1. The Morgan fingerprint density at radius 3 is 2.57 bits per heavy atom. The van der Waals surface area contributed by atoms with Crippen LogP contribution in [0.25, 0.3) is 21.8 Å². The molecule has 0 aliphatic carbocycles. The van der Waals surface area contributed by atoms with Crippen molar-refractivity contribution in [1.29, 1.82) is 0 Å². The van der Waals surface area contributed by atoms with E-state index in [1.54, 1.807) is 6.07 Å². The maximum absolute atomic E-state index is 14.0. The van der Waals surface area contributed by atoms with Gasteiger partial charge in [0.2, 0.25) is 0 Å². The molecule has 2 aromatic carbocycles. The van der Waals surface area contributed by atoms with E-state index < -0.39 is 0 Å². The number of hydrogen-bond donors (Lipinski definition) is 0. The molecule has 0 bridgehead atoms. The first-order chi connectivity index (χ1) is 10.0. The van der Waals surface area contributed by atoms with Crippen LogP contribution in [0.5, 0.6) is 0 Å². The molecule has 1 aromatic heterocycles.